The molecule has 3 aromatic rings. The molecular formula is C14H10N4O2. The number of fused-ring (bicyclic) bond motifs is 1. The summed E-state index contributed by atoms with van der Waals surface area (Å²) in [7, 11) is 0. The van der Waals surface area contributed by atoms with Crippen LogP contribution in [0.15, 0.2) is 48.5 Å². The maximum atomic E-state index is 10.8. The van der Waals surface area contributed by atoms with E-state index in [0.717, 1.165) is 5.56 Å². The molecule has 0 aliphatic carbocycles. The minimum atomic E-state index is -0.468. The third-order valence-corrected chi connectivity index (χ3v) is 2.95. The molecular weight excluding hydrogens is 256 g/mol. The van der Waals surface area contributed by atoms with E-state index in [9.17, 15) is 10.1 Å². The van der Waals surface area contributed by atoms with Crippen molar-refractivity contribution in [2.24, 2.45) is 0 Å². The Kier molecular flexibility index (Phi) is 2.76. The van der Waals surface area contributed by atoms with E-state index in [2.05, 4.69) is 9.97 Å². The van der Waals surface area contributed by atoms with Crippen LogP contribution in [0.1, 0.15) is 0 Å². The second kappa shape index (κ2) is 4.58. The van der Waals surface area contributed by atoms with Crippen molar-refractivity contribution in [3.8, 4) is 11.4 Å². The Morgan fingerprint density at radius 3 is 2.50 bits per heavy atom. The molecule has 0 amide bonds. The molecule has 20 heavy (non-hydrogen) atoms. The average Bonchev–Trinajstić information content (AvgIpc) is 2.47. The van der Waals surface area contributed by atoms with Gasteiger partial charge in [0.15, 0.2) is 5.82 Å². The van der Waals surface area contributed by atoms with Gasteiger partial charge in [-0.3, -0.25) is 10.1 Å². The highest BCUT2D eigenvalue weighted by molar-refractivity contribution is 5.91. The molecule has 1 aromatic heterocycles. The van der Waals surface area contributed by atoms with E-state index < -0.39 is 4.92 Å². The zero-order valence-corrected chi connectivity index (χ0v) is 10.4. The SMILES string of the molecule is Nc1nc(-c2ccccc2)nc2ccc([N+](=O)[O-])cc12. The lowest BCUT2D eigenvalue weighted by atomic mass is 10.1. The van der Waals surface area contributed by atoms with Crippen LogP contribution in [-0.2, 0) is 0 Å². The van der Waals surface area contributed by atoms with Crippen molar-refractivity contribution in [3.63, 3.8) is 0 Å². The summed E-state index contributed by atoms with van der Waals surface area (Å²) in [5, 5.41) is 11.3. The average molecular weight is 266 g/mol. The van der Waals surface area contributed by atoms with Crippen molar-refractivity contribution in [2.75, 3.05) is 5.73 Å². The zero-order chi connectivity index (χ0) is 14.1. The van der Waals surface area contributed by atoms with E-state index >= 15 is 0 Å². The highest BCUT2D eigenvalue weighted by atomic mass is 16.6. The molecule has 0 atom stereocenters. The van der Waals surface area contributed by atoms with Crippen LogP contribution in [0.3, 0.4) is 0 Å². The lowest BCUT2D eigenvalue weighted by molar-refractivity contribution is -0.384. The van der Waals surface area contributed by atoms with Gasteiger partial charge in [0.25, 0.3) is 5.69 Å². The minimum absolute atomic E-state index is 0.0275. The first-order valence-electron chi connectivity index (χ1n) is 5.92. The van der Waals surface area contributed by atoms with Gasteiger partial charge in [-0.25, -0.2) is 9.97 Å². The summed E-state index contributed by atoms with van der Waals surface area (Å²) in [4.78, 5) is 18.9. The highest BCUT2D eigenvalue weighted by Crippen LogP contribution is 2.26. The number of nitrogens with two attached hydrogens (primary N) is 1. The fraction of sp³-hybridized carbons (Fsp3) is 0. The predicted octanol–water partition coefficient (Wildman–Crippen LogP) is 2.79. The van der Waals surface area contributed by atoms with Crippen LogP contribution in [0.25, 0.3) is 22.3 Å². The number of hydrogen-bond donors (Lipinski definition) is 1. The van der Waals surface area contributed by atoms with Gasteiger partial charge in [-0.15, -0.1) is 0 Å². The maximum absolute atomic E-state index is 10.8. The minimum Gasteiger partial charge on any atom is -0.383 e. The van der Waals surface area contributed by atoms with Gasteiger partial charge in [0, 0.05) is 23.1 Å². The van der Waals surface area contributed by atoms with E-state index in [-0.39, 0.29) is 11.5 Å². The van der Waals surface area contributed by atoms with Gasteiger partial charge in [0.2, 0.25) is 0 Å². The quantitative estimate of drug-likeness (QED) is 0.568. The van der Waals surface area contributed by atoms with E-state index in [1.54, 1.807) is 6.07 Å². The van der Waals surface area contributed by atoms with Gasteiger partial charge >= 0.3 is 0 Å². The molecule has 0 aliphatic rings. The largest absolute Gasteiger partial charge is 0.383 e. The van der Waals surface area contributed by atoms with E-state index in [0.29, 0.717) is 16.7 Å². The summed E-state index contributed by atoms with van der Waals surface area (Å²) in [6, 6.07) is 13.8. The van der Waals surface area contributed by atoms with Gasteiger partial charge in [-0.1, -0.05) is 30.3 Å². The van der Waals surface area contributed by atoms with E-state index in [4.69, 9.17) is 5.73 Å². The fourth-order valence-electron chi connectivity index (χ4n) is 1.97. The third kappa shape index (κ3) is 2.03. The van der Waals surface area contributed by atoms with Crippen molar-refractivity contribution in [1.82, 2.24) is 9.97 Å². The lowest BCUT2D eigenvalue weighted by Crippen LogP contribution is -1.98. The molecule has 0 saturated heterocycles. The number of nitrogen functional groups attached to an aromatic ring is 1. The molecule has 0 radical (unpaired) electrons. The van der Waals surface area contributed by atoms with Crippen molar-refractivity contribution in [2.45, 2.75) is 0 Å². The fourth-order valence-corrected chi connectivity index (χ4v) is 1.97. The summed E-state index contributed by atoms with van der Waals surface area (Å²) in [5.74, 6) is 0.738. The van der Waals surface area contributed by atoms with E-state index in [1.807, 2.05) is 30.3 Å². The summed E-state index contributed by atoms with van der Waals surface area (Å²) in [6.07, 6.45) is 0. The number of nitro groups is 1. The topological polar surface area (TPSA) is 94.9 Å². The standard InChI is InChI=1S/C14H10N4O2/c15-13-11-8-10(18(19)20)6-7-12(11)16-14(17-13)9-4-2-1-3-5-9/h1-8H,(H2,15,16,17). The van der Waals surface area contributed by atoms with Crippen LogP contribution in [0.4, 0.5) is 11.5 Å². The second-order valence-corrected chi connectivity index (χ2v) is 4.26. The first-order chi connectivity index (χ1) is 9.65. The smallest absolute Gasteiger partial charge is 0.270 e. The normalized spacial score (nSPS) is 10.6. The molecule has 6 heteroatoms. The van der Waals surface area contributed by atoms with Crippen LogP contribution in [-0.4, -0.2) is 14.9 Å². The molecule has 3 rings (SSSR count). The number of nitrogens with zero attached hydrogens (tertiary/aromatic N) is 3. The molecule has 0 unspecified atom stereocenters. The molecule has 1 heterocycles. The van der Waals surface area contributed by atoms with Crippen LogP contribution in [0.2, 0.25) is 0 Å². The van der Waals surface area contributed by atoms with Gasteiger partial charge < -0.3 is 5.73 Å². The summed E-state index contributed by atoms with van der Waals surface area (Å²) in [5.41, 5.74) is 7.29. The number of nitro benzene ring substituents is 1. The molecule has 0 spiro atoms. The van der Waals surface area contributed by atoms with Crippen LogP contribution in [0, 0.1) is 10.1 Å². The monoisotopic (exact) mass is 266 g/mol. The van der Waals surface area contributed by atoms with Crippen LogP contribution in [0.5, 0.6) is 0 Å². The first kappa shape index (κ1) is 12.0. The summed E-state index contributed by atoms with van der Waals surface area (Å²) < 4.78 is 0. The molecule has 2 aromatic carbocycles. The van der Waals surface area contributed by atoms with Gasteiger partial charge in [-0.05, 0) is 6.07 Å². The molecule has 0 saturated carbocycles. The maximum Gasteiger partial charge on any atom is 0.270 e. The molecule has 98 valence electrons. The van der Waals surface area contributed by atoms with Crippen molar-refractivity contribution < 1.29 is 4.92 Å². The first-order valence-corrected chi connectivity index (χ1v) is 5.92. The second-order valence-electron chi connectivity index (χ2n) is 4.26. The number of rotatable bonds is 2. The zero-order valence-electron chi connectivity index (χ0n) is 10.4. The Morgan fingerprint density at radius 1 is 1.05 bits per heavy atom. The molecule has 2 N–H and O–H groups in total. The number of anilines is 1. The molecule has 0 bridgehead atoms. The Morgan fingerprint density at radius 2 is 1.80 bits per heavy atom. The molecule has 0 fully saturated rings. The Hall–Kier alpha value is -3.02. The number of benzene rings is 2. The van der Waals surface area contributed by atoms with Gasteiger partial charge in [0.05, 0.1) is 10.4 Å². The Labute approximate surface area is 114 Å². The van der Waals surface area contributed by atoms with Gasteiger partial charge in [-0.2, -0.15) is 0 Å². The lowest BCUT2D eigenvalue weighted by Gasteiger charge is -2.05. The van der Waals surface area contributed by atoms with Crippen LogP contribution < -0.4 is 5.73 Å². The van der Waals surface area contributed by atoms with Crippen molar-refractivity contribution >= 4 is 22.4 Å². The molecule has 0 aliphatic heterocycles. The van der Waals surface area contributed by atoms with Gasteiger partial charge in [0.1, 0.15) is 5.82 Å². The Bertz CT molecular complexity index is 803. The number of non-ortho nitro benzene ring substituents is 1. The van der Waals surface area contributed by atoms with E-state index in [1.165, 1.54) is 12.1 Å². The summed E-state index contributed by atoms with van der Waals surface area (Å²) >= 11 is 0. The van der Waals surface area contributed by atoms with Crippen LogP contribution >= 0.6 is 0 Å². The van der Waals surface area contributed by atoms with Crippen molar-refractivity contribution in [1.29, 1.82) is 0 Å². The highest BCUT2D eigenvalue weighted by Gasteiger charge is 2.11. The predicted molar refractivity (Wildman–Crippen MR) is 76.0 cm³/mol. The third-order valence-electron chi connectivity index (χ3n) is 2.95. The van der Waals surface area contributed by atoms with Crippen molar-refractivity contribution in [3.05, 3.63) is 58.6 Å². The Balaban J connectivity index is 2.21. The number of aromatic nitrogens is 2. The number of hydrogen-bond acceptors (Lipinski definition) is 5. The summed E-state index contributed by atoms with van der Waals surface area (Å²) in [6.45, 7) is 0. The molecule has 6 nitrogen and oxygen atoms in total.